The molecule has 25 heavy (non-hydrogen) atoms. The van der Waals surface area contributed by atoms with Crippen LogP contribution in [-0.4, -0.2) is 25.5 Å². The third-order valence-corrected chi connectivity index (χ3v) is 4.46. The van der Waals surface area contributed by atoms with Crippen LogP contribution >= 0.6 is 12.4 Å². The lowest BCUT2D eigenvalue weighted by molar-refractivity contribution is 0.0951. The van der Waals surface area contributed by atoms with Gasteiger partial charge in [-0.25, -0.2) is 0 Å². The van der Waals surface area contributed by atoms with Gasteiger partial charge in [0.2, 0.25) is 0 Å². The molecule has 0 radical (unpaired) electrons. The van der Waals surface area contributed by atoms with Gasteiger partial charge in [0, 0.05) is 12.2 Å². The van der Waals surface area contributed by atoms with Gasteiger partial charge < -0.3 is 16.0 Å². The van der Waals surface area contributed by atoms with E-state index in [1.54, 1.807) is 0 Å². The second kappa shape index (κ2) is 10.1. The normalized spacial score (nSPS) is 16.6. The average molecular weight is 360 g/mol. The topological polar surface area (TPSA) is 53.2 Å². The number of para-hydroxylation sites is 2. The zero-order valence-corrected chi connectivity index (χ0v) is 15.1. The molecule has 0 bridgehead atoms. The van der Waals surface area contributed by atoms with Crippen molar-refractivity contribution in [3.05, 3.63) is 60.2 Å². The summed E-state index contributed by atoms with van der Waals surface area (Å²) in [5, 5.41) is 9.81. The first-order valence-electron chi connectivity index (χ1n) is 8.73. The Morgan fingerprint density at radius 1 is 1.08 bits per heavy atom. The molecule has 1 aliphatic heterocycles. The quantitative estimate of drug-likeness (QED) is 0.731. The van der Waals surface area contributed by atoms with E-state index in [1.807, 2.05) is 54.6 Å². The second-order valence-electron chi connectivity index (χ2n) is 6.29. The van der Waals surface area contributed by atoms with E-state index in [-0.39, 0.29) is 18.3 Å². The first-order valence-corrected chi connectivity index (χ1v) is 8.73. The van der Waals surface area contributed by atoms with E-state index >= 15 is 0 Å². The predicted octanol–water partition coefficient (Wildman–Crippen LogP) is 3.97. The predicted molar refractivity (Wildman–Crippen MR) is 106 cm³/mol. The van der Waals surface area contributed by atoms with Crippen molar-refractivity contribution in [2.24, 2.45) is 5.92 Å². The van der Waals surface area contributed by atoms with E-state index in [2.05, 4.69) is 16.0 Å². The van der Waals surface area contributed by atoms with E-state index in [9.17, 15) is 4.79 Å². The van der Waals surface area contributed by atoms with Crippen molar-refractivity contribution in [3.8, 4) is 0 Å². The van der Waals surface area contributed by atoms with Gasteiger partial charge in [-0.2, -0.15) is 0 Å². The molecule has 1 amide bonds. The van der Waals surface area contributed by atoms with Crippen LogP contribution in [0.2, 0.25) is 0 Å². The van der Waals surface area contributed by atoms with Gasteiger partial charge in [0.05, 0.1) is 11.3 Å². The first kappa shape index (κ1) is 19.3. The number of hydrogen-bond donors (Lipinski definition) is 3. The molecule has 3 N–H and O–H groups in total. The molecule has 1 aliphatic rings. The molecular formula is C20H26ClN3O. The number of anilines is 2. The van der Waals surface area contributed by atoms with Crippen molar-refractivity contribution in [2.75, 3.05) is 25.0 Å². The zero-order valence-electron chi connectivity index (χ0n) is 14.3. The third kappa shape index (κ3) is 5.76. The summed E-state index contributed by atoms with van der Waals surface area (Å²) < 4.78 is 0. The fourth-order valence-corrected chi connectivity index (χ4v) is 3.12. The summed E-state index contributed by atoms with van der Waals surface area (Å²) in [6.45, 7) is 2.92. The number of nitrogens with one attached hydrogen (secondary N) is 3. The number of amides is 1. The summed E-state index contributed by atoms with van der Waals surface area (Å²) in [6.07, 6.45) is 3.53. The maximum absolute atomic E-state index is 12.5. The fraction of sp³-hybridized carbons (Fsp3) is 0.350. The maximum Gasteiger partial charge on any atom is 0.253 e. The Hall–Kier alpha value is -2.04. The van der Waals surface area contributed by atoms with E-state index in [1.165, 1.54) is 12.8 Å². The van der Waals surface area contributed by atoms with Crippen LogP contribution in [0.3, 0.4) is 0 Å². The fourth-order valence-electron chi connectivity index (χ4n) is 3.12. The minimum Gasteiger partial charge on any atom is -0.355 e. The van der Waals surface area contributed by atoms with E-state index < -0.39 is 0 Å². The van der Waals surface area contributed by atoms with Crippen LogP contribution in [-0.2, 0) is 0 Å². The van der Waals surface area contributed by atoms with E-state index in [0.717, 1.165) is 37.4 Å². The van der Waals surface area contributed by atoms with Crippen LogP contribution in [0.5, 0.6) is 0 Å². The number of halogens is 1. The van der Waals surface area contributed by atoms with E-state index in [0.29, 0.717) is 11.5 Å². The molecule has 1 atom stereocenters. The number of carbonyl (C=O) groups is 1. The Bertz CT molecular complexity index is 657. The molecule has 0 aliphatic carbocycles. The summed E-state index contributed by atoms with van der Waals surface area (Å²) >= 11 is 0. The van der Waals surface area contributed by atoms with Crippen LogP contribution in [0, 0.1) is 5.92 Å². The smallest absolute Gasteiger partial charge is 0.253 e. The van der Waals surface area contributed by atoms with Gasteiger partial charge >= 0.3 is 0 Å². The largest absolute Gasteiger partial charge is 0.355 e. The summed E-state index contributed by atoms with van der Waals surface area (Å²) in [5.74, 6) is 0.662. The van der Waals surface area contributed by atoms with Crippen molar-refractivity contribution >= 4 is 29.7 Å². The second-order valence-corrected chi connectivity index (χ2v) is 6.29. The van der Waals surface area contributed by atoms with Crippen molar-refractivity contribution < 1.29 is 4.79 Å². The lowest BCUT2D eigenvalue weighted by Crippen LogP contribution is -2.33. The summed E-state index contributed by atoms with van der Waals surface area (Å²) in [4.78, 5) is 12.5. The van der Waals surface area contributed by atoms with Gasteiger partial charge in [0.1, 0.15) is 0 Å². The van der Waals surface area contributed by atoms with Crippen LogP contribution in [0.25, 0.3) is 0 Å². The van der Waals surface area contributed by atoms with Gasteiger partial charge in [0.25, 0.3) is 5.91 Å². The SMILES string of the molecule is Cl.O=C(NCCC1CCCNC1)c1ccccc1Nc1ccccc1. The van der Waals surface area contributed by atoms with Gasteiger partial charge in [-0.15, -0.1) is 12.4 Å². The zero-order chi connectivity index (χ0) is 16.6. The maximum atomic E-state index is 12.5. The Morgan fingerprint density at radius 3 is 2.60 bits per heavy atom. The molecule has 1 saturated heterocycles. The molecule has 2 aromatic rings. The van der Waals surface area contributed by atoms with Crippen LogP contribution in [0.4, 0.5) is 11.4 Å². The lowest BCUT2D eigenvalue weighted by Gasteiger charge is -2.22. The summed E-state index contributed by atoms with van der Waals surface area (Å²) in [7, 11) is 0. The molecule has 1 fully saturated rings. The van der Waals surface area contributed by atoms with Crippen molar-refractivity contribution in [3.63, 3.8) is 0 Å². The third-order valence-electron chi connectivity index (χ3n) is 4.46. The monoisotopic (exact) mass is 359 g/mol. The van der Waals surface area contributed by atoms with Crippen molar-refractivity contribution in [1.29, 1.82) is 0 Å². The molecule has 2 aromatic carbocycles. The molecular weight excluding hydrogens is 334 g/mol. The van der Waals surface area contributed by atoms with Crippen LogP contribution in [0.15, 0.2) is 54.6 Å². The van der Waals surface area contributed by atoms with Gasteiger partial charge in [-0.3, -0.25) is 4.79 Å². The Morgan fingerprint density at radius 2 is 1.84 bits per heavy atom. The highest BCUT2D eigenvalue weighted by molar-refractivity contribution is 6.00. The molecule has 0 saturated carbocycles. The highest BCUT2D eigenvalue weighted by atomic mass is 35.5. The molecule has 134 valence electrons. The van der Waals surface area contributed by atoms with Crippen LogP contribution in [0.1, 0.15) is 29.6 Å². The van der Waals surface area contributed by atoms with Gasteiger partial charge in [-0.1, -0.05) is 30.3 Å². The van der Waals surface area contributed by atoms with Crippen molar-refractivity contribution in [1.82, 2.24) is 10.6 Å². The number of piperidine rings is 1. The first-order chi connectivity index (χ1) is 11.8. The molecule has 0 aromatic heterocycles. The van der Waals surface area contributed by atoms with Gasteiger partial charge in [-0.05, 0) is 62.5 Å². The summed E-state index contributed by atoms with van der Waals surface area (Å²) in [6, 6.07) is 17.5. The number of benzene rings is 2. The molecule has 5 heteroatoms. The minimum absolute atomic E-state index is 0. The molecule has 1 heterocycles. The minimum atomic E-state index is -0.0159. The summed E-state index contributed by atoms with van der Waals surface area (Å²) in [5.41, 5.74) is 2.50. The molecule has 1 unspecified atom stereocenters. The molecule has 3 rings (SSSR count). The highest BCUT2D eigenvalue weighted by Crippen LogP contribution is 2.20. The van der Waals surface area contributed by atoms with Crippen LogP contribution < -0.4 is 16.0 Å². The highest BCUT2D eigenvalue weighted by Gasteiger charge is 2.14. The lowest BCUT2D eigenvalue weighted by atomic mass is 9.96. The van der Waals surface area contributed by atoms with Crippen molar-refractivity contribution in [2.45, 2.75) is 19.3 Å². The Balaban J connectivity index is 0.00000225. The van der Waals surface area contributed by atoms with E-state index in [4.69, 9.17) is 0 Å². The van der Waals surface area contributed by atoms with Gasteiger partial charge in [0.15, 0.2) is 0 Å². The number of carbonyl (C=O) groups excluding carboxylic acids is 1. The Kier molecular flexibility index (Phi) is 7.76. The number of rotatable bonds is 6. The Labute approximate surface area is 155 Å². The molecule has 0 spiro atoms. The standard InChI is InChI=1S/C20H25N3O.ClH/c24-20(22-14-12-16-7-6-13-21-15-16)18-10-4-5-11-19(18)23-17-8-2-1-3-9-17;/h1-5,8-11,16,21,23H,6-7,12-15H2,(H,22,24);1H. The number of hydrogen-bond acceptors (Lipinski definition) is 3. The molecule has 4 nitrogen and oxygen atoms in total. The average Bonchev–Trinajstić information content (AvgIpc) is 2.64.